The van der Waals surface area contributed by atoms with Gasteiger partial charge in [-0.15, -0.1) is 4.99 Å². The Morgan fingerprint density at radius 2 is 0.638 bits per heavy atom. The number of halogens is 6. The fourth-order valence-corrected chi connectivity index (χ4v) is 15.4. The number of carboxylic acid groups (broad SMARTS) is 4. The molecule has 0 atom stereocenters. The summed E-state index contributed by atoms with van der Waals surface area (Å²) in [7, 11) is 0. The number of nitrogens with zero attached hydrogens (tertiary/aromatic N) is 16. The molecule has 0 spiro atoms. The van der Waals surface area contributed by atoms with E-state index >= 15 is 0 Å². The molecular weight excluding hydrogens is 1860 g/mol. The first kappa shape index (κ1) is 105. The SMILES string of the molecule is CCOC(=O)N1CCN(C(=N)N=C(N)N)CC1.CCOC(=O)N1CCNCC1.N#CN=C(N)N.N=C(N=C(N)N)N1CCN(c2cc3c(cc2F)c(=O)c(C(=O)O)cn3C2CC2)CC1.N=C(N=C(N)N)N1CCNCC1.O=C(O)c1cn(C2CC2)c2cc(Cl)c(F)cc2c1=O.O=C(O)c1cn(C2CC2)c2cc(Cl)c(F)cc2c1=O.O=C(O)c1cn(C2CC2)c2cc(N3CCNCC3)c(F)cc2c1=O. The van der Waals surface area contributed by atoms with Crippen LogP contribution in [0.25, 0.3) is 43.6 Å². The number of piperazine rings is 5. The van der Waals surface area contributed by atoms with Crippen LogP contribution in [0, 0.1) is 51.0 Å². The molecule has 4 saturated carbocycles. The van der Waals surface area contributed by atoms with Crippen LogP contribution >= 0.6 is 23.2 Å². The largest absolute Gasteiger partial charge is 0.477 e. The van der Waals surface area contributed by atoms with Gasteiger partial charge in [-0.25, -0.2) is 46.3 Å². The highest BCUT2D eigenvalue weighted by Gasteiger charge is 2.34. The Balaban J connectivity index is 0.000000168. The second kappa shape index (κ2) is 47.9. The minimum Gasteiger partial charge on any atom is -0.477 e. The van der Waals surface area contributed by atoms with E-state index in [9.17, 15) is 75.7 Å². The molecule has 26 N–H and O–H groups in total. The normalized spacial score (nSPS) is 15.9. The maximum atomic E-state index is 14.9. The van der Waals surface area contributed by atoms with Crippen LogP contribution in [0.1, 0.15) is 131 Å². The molecule has 5 saturated heterocycles. The van der Waals surface area contributed by atoms with E-state index in [-0.39, 0.29) is 132 Å². The molecule has 740 valence electrons. The van der Waals surface area contributed by atoms with Crippen LogP contribution in [0.2, 0.25) is 10.0 Å². The zero-order valence-electron chi connectivity index (χ0n) is 75.2. The van der Waals surface area contributed by atoms with Gasteiger partial charge in [-0.3, -0.25) is 35.4 Å². The van der Waals surface area contributed by atoms with E-state index in [0.717, 1.165) is 135 Å². The molecule has 9 aliphatic rings. The Labute approximate surface area is 793 Å². The third-order valence-corrected chi connectivity index (χ3v) is 23.0. The van der Waals surface area contributed by atoms with Crippen molar-refractivity contribution in [2.24, 2.45) is 65.8 Å². The summed E-state index contributed by atoms with van der Waals surface area (Å²) >= 11 is 11.5. The van der Waals surface area contributed by atoms with Gasteiger partial charge < -0.3 is 144 Å². The van der Waals surface area contributed by atoms with Crippen LogP contribution in [-0.2, 0) is 9.47 Å². The molecule has 9 fully saturated rings. The van der Waals surface area contributed by atoms with Crippen molar-refractivity contribution in [2.75, 3.05) is 154 Å². The first-order valence-electron chi connectivity index (χ1n) is 43.7. The molecule has 2 amide bonds. The van der Waals surface area contributed by atoms with E-state index in [0.29, 0.717) is 112 Å². The highest BCUT2D eigenvalue weighted by molar-refractivity contribution is 6.32. The third-order valence-electron chi connectivity index (χ3n) is 22.5. The molecule has 17 rings (SSSR count). The molecule has 9 heterocycles. The van der Waals surface area contributed by atoms with E-state index in [1.54, 1.807) is 52.4 Å². The molecule has 0 unspecified atom stereocenters. The third kappa shape index (κ3) is 27.8. The van der Waals surface area contributed by atoms with E-state index in [2.05, 4.69) is 35.9 Å². The number of anilines is 2. The maximum Gasteiger partial charge on any atom is 0.409 e. The van der Waals surface area contributed by atoms with Crippen molar-refractivity contribution in [1.29, 1.82) is 21.5 Å². The Morgan fingerprint density at radius 3 is 0.899 bits per heavy atom. The average Bonchev–Trinajstić information content (AvgIpc) is 1.52. The molecule has 4 aromatic carbocycles. The number of aliphatic imine (C=N–C) groups is 4. The smallest absolute Gasteiger partial charge is 0.409 e. The van der Waals surface area contributed by atoms with E-state index in [4.69, 9.17) is 110 Å². The minimum atomic E-state index is -1.32. The number of hydrogen-bond acceptors (Lipinski definition) is 22. The summed E-state index contributed by atoms with van der Waals surface area (Å²) in [5.74, 6) is -8.18. The summed E-state index contributed by atoms with van der Waals surface area (Å²) in [5, 5.41) is 77.0. The lowest BCUT2D eigenvalue weighted by Gasteiger charge is -2.36. The highest BCUT2D eigenvalue weighted by Crippen LogP contribution is 2.42. The predicted octanol–water partition coefficient (Wildman–Crippen LogP) is 3.60. The summed E-state index contributed by atoms with van der Waals surface area (Å²) < 4.78 is 73.2. The molecule has 0 bridgehead atoms. The van der Waals surface area contributed by atoms with Crippen LogP contribution in [0.15, 0.2) is 112 Å². The Hall–Kier alpha value is -15.1. The van der Waals surface area contributed by atoms with Gasteiger partial charge in [-0.05, 0) is 114 Å². The Bertz CT molecular complexity index is 6230. The van der Waals surface area contributed by atoms with Gasteiger partial charge in [0.25, 0.3) is 0 Å². The number of guanidine groups is 7. The zero-order chi connectivity index (χ0) is 101. The molecule has 46 nitrogen and oxygen atoms in total. The fraction of sp³-hybridized carbons (Fsp3) is 0.419. The molecule has 5 aliphatic heterocycles. The summed E-state index contributed by atoms with van der Waals surface area (Å²) in [6, 6.07) is 11.0. The van der Waals surface area contributed by atoms with Gasteiger partial charge in [0.15, 0.2) is 17.9 Å². The van der Waals surface area contributed by atoms with E-state index in [1.807, 2.05) is 26.2 Å². The van der Waals surface area contributed by atoms with Crippen LogP contribution < -0.4 is 93.3 Å². The first-order chi connectivity index (χ1) is 65.6. The standard InChI is InChI=1S/C19H22FN7O3.C17H18FN3O3.2C13H9ClFNO3.C9H18N6O2.C7H14N2O2.C6H14N6.C2H4N4/c20-13-7-11-14(27(10-1-2-10)9-12(16(11)28)17(29)30)8-15(13)25-3-5-26(6-4-25)19(23)24-18(21)22;18-13-7-11-14(8-15(13)20-5-3-19-4-6-20)21(10-1-2-10)9-12(16(11)22)17(23)24;2*14-9-4-11-7(3-10(9)15)12(17)8(13(18)19)5-16(11)6-1-2-6;1-2-17-9(16)15-5-3-14(4-6-15)8(12)13-7(10)11;1-2-11-7(10)9-5-3-8-4-6-9;7-5(8)11-6(9)12-3-1-10-2-4-12;3-1-6-2(4)5/h7-10H,1-6H2,(H,29,30)(H5,21,22,23,24);7-10,19H,1-6H2,(H,23,24);2*3-6H,1-2H2,(H,18,19);2-6H2,1H3,(H5,10,11,12,13);8H,2-6H2,1H3;10H,1-4H2,(H5,7,8,9,11);(H4,4,5,6). The number of ether oxygens (including phenoxy) is 2. The summed E-state index contributed by atoms with van der Waals surface area (Å²) in [4.78, 5) is 143. The number of fused-ring (bicyclic) bond motifs is 4. The number of carbonyl (C=O) groups is 6. The molecule has 4 aliphatic carbocycles. The number of rotatable bonds is 12. The first-order valence-corrected chi connectivity index (χ1v) is 44.4. The number of nitrogens with one attached hydrogen (secondary N) is 6. The predicted molar refractivity (Wildman–Crippen MR) is 511 cm³/mol. The molecule has 8 aromatic rings. The van der Waals surface area contributed by atoms with Gasteiger partial charge in [-0.1, -0.05) is 23.2 Å². The van der Waals surface area contributed by atoms with Gasteiger partial charge >= 0.3 is 36.1 Å². The molecule has 52 heteroatoms. The van der Waals surface area contributed by atoms with Crippen molar-refractivity contribution in [3.63, 3.8) is 0 Å². The number of nitrogens with two attached hydrogens (primary N) is 8. The maximum absolute atomic E-state index is 14.9. The lowest BCUT2D eigenvalue weighted by Crippen LogP contribution is -2.50. The average molecular weight is 1960 g/mol. The van der Waals surface area contributed by atoms with Crippen molar-refractivity contribution in [1.82, 2.24) is 58.7 Å². The number of amides is 2. The van der Waals surface area contributed by atoms with Gasteiger partial charge in [-0.2, -0.15) is 20.2 Å². The molecule has 0 radical (unpaired) electrons. The van der Waals surface area contributed by atoms with Gasteiger partial charge in [0.1, 0.15) is 45.5 Å². The van der Waals surface area contributed by atoms with Crippen molar-refractivity contribution in [3.8, 4) is 6.19 Å². The van der Waals surface area contributed by atoms with Gasteiger partial charge in [0.2, 0.25) is 51.7 Å². The molecule has 138 heavy (non-hydrogen) atoms. The summed E-state index contributed by atoms with van der Waals surface area (Å²) in [6.07, 6.45) is 13.6. The number of benzene rings is 4. The number of aromatic carboxylic acids is 4. The van der Waals surface area contributed by atoms with Crippen LogP contribution in [0.3, 0.4) is 0 Å². The molecule has 4 aromatic heterocycles. The lowest BCUT2D eigenvalue weighted by atomic mass is 10.1. The number of aromatic nitrogens is 4. The number of carbonyl (C=O) groups excluding carboxylic acids is 2. The van der Waals surface area contributed by atoms with Crippen molar-refractivity contribution in [3.05, 3.63) is 170 Å². The number of nitriles is 1. The zero-order valence-corrected chi connectivity index (χ0v) is 76.7. The van der Waals surface area contributed by atoms with Crippen LogP contribution in [-0.4, -0.2) is 285 Å². The number of hydrogen-bond donors (Lipinski definition) is 18. The second-order valence-corrected chi connectivity index (χ2v) is 33.1. The van der Waals surface area contributed by atoms with Crippen LogP contribution in [0.4, 0.5) is 38.5 Å². The second-order valence-electron chi connectivity index (χ2n) is 32.2. The van der Waals surface area contributed by atoms with Gasteiger partial charge in [0.05, 0.1) is 56.7 Å². The van der Waals surface area contributed by atoms with E-state index < -0.39 is 68.9 Å². The van der Waals surface area contributed by atoms with Crippen LogP contribution in [0.5, 0.6) is 0 Å². The fourth-order valence-electron chi connectivity index (χ4n) is 15.1. The number of pyridine rings is 4. The number of carboxylic acids is 4. The topological polar surface area (TPSA) is 702 Å². The summed E-state index contributed by atoms with van der Waals surface area (Å²) in [6.45, 7) is 17.8. The Morgan fingerprint density at radius 1 is 0.391 bits per heavy atom. The van der Waals surface area contributed by atoms with Gasteiger partial charge in [0, 0.05) is 201 Å². The minimum absolute atomic E-state index is 0.0218. The highest BCUT2D eigenvalue weighted by atomic mass is 35.5. The van der Waals surface area contributed by atoms with Crippen molar-refractivity contribution in [2.45, 2.75) is 89.4 Å². The Kier molecular flexibility index (Phi) is 36.4. The van der Waals surface area contributed by atoms with Crippen molar-refractivity contribution < 1.29 is 76.2 Å². The lowest BCUT2D eigenvalue weighted by molar-refractivity contribution is 0.0684. The van der Waals surface area contributed by atoms with E-state index in [1.165, 1.54) is 49.2 Å². The summed E-state index contributed by atoms with van der Waals surface area (Å²) in [5.41, 5.74) is 39.6. The molecular formula is C86H108Cl2F4N30O16. The quantitative estimate of drug-likeness (QED) is 0.0359. The van der Waals surface area contributed by atoms with Crippen molar-refractivity contribution >= 4 is 156 Å². The monoisotopic (exact) mass is 1960 g/mol.